The van der Waals surface area contributed by atoms with Gasteiger partial charge in [0.05, 0.1) is 12.7 Å². The van der Waals surface area contributed by atoms with Gasteiger partial charge in [-0.25, -0.2) is 0 Å². The van der Waals surface area contributed by atoms with Crippen molar-refractivity contribution in [3.05, 3.63) is 0 Å². The average Bonchev–Trinajstić information content (AvgIpc) is 2.18. The SMILES string of the molecule is CC(C)OCCN1CCC(C(N)=O)CC1. The van der Waals surface area contributed by atoms with Gasteiger partial charge in [0.2, 0.25) is 5.91 Å². The summed E-state index contributed by atoms with van der Waals surface area (Å²) in [4.78, 5) is 13.3. The maximum absolute atomic E-state index is 10.9. The molecule has 4 heteroatoms. The third kappa shape index (κ3) is 4.62. The van der Waals surface area contributed by atoms with Crippen LogP contribution in [-0.2, 0) is 9.53 Å². The Kier molecular flexibility index (Phi) is 5.05. The Hall–Kier alpha value is -0.610. The normalized spacial score (nSPS) is 19.7. The number of amides is 1. The first-order valence-electron chi connectivity index (χ1n) is 5.73. The lowest BCUT2D eigenvalue weighted by Gasteiger charge is -2.30. The van der Waals surface area contributed by atoms with Crippen LogP contribution in [0.1, 0.15) is 26.7 Å². The molecule has 1 fully saturated rings. The molecule has 0 aromatic carbocycles. The van der Waals surface area contributed by atoms with E-state index in [9.17, 15) is 4.79 Å². The second kappa shape index (κ2) is 6.08. The van der Waals surface area contributed by atoms with E-state index in [-0.39, 0.29) is 11.8 Å². The van der Waals surface area contributed by atoms with Gasteiger partial charge >= 0.3 is 0 Å². The lowest BCUT2D eigenvalue weighted by atomic mass is 9.96. The molecular formula is C11H22N2O2. The number of rotatable bonds is 5. The van der Waals surface area contributed by atoms with Crippen molar-refractivity contribution < 1.29 is 9.53 Å². The minimum Gasteiger partial charge on any atom is -0.377 e. The number of ether oxygens (including phenoxy) is 1. The van der Waals surface area contributed by atoms with E-state index >= 15 is 0 Å². The predicted octanol–water partition coefficient (Wildman–Crippen LogP) is 0.609. The highest BCUT2D eigenvalue weighted by Gasteiger charge is 2.22. The van der Waals surface area contributed by atoms with Gasteiger partial charge in [-0.1, -0.05) is 0 Å². The van der Waals surface area contributed by atoms with Crippen molar-refractivity contribution in [1.29, 1.82) is 0 Å². The van der Waals surface area contributed by atoms with Crippen LogP contribution in [0.25, 0.3) is 0 Å². The van der Waals surface area contributed by atoms with Crippen LogP contribution in [0.4, 0.5) is 0 Å². The van der Waals surface area contributed by atoms with Crippen molar-refractivity contribution in [2.75, 3.05) is 26.2 Å². The van der Waals surface area contributed by atoms with Crippen molar-refractivity contribution in [2.24, 2.45) is 11.7 Å². The van der Waals surface area contributed by atoms with Crippen LogP contribution in [0.15, 0.2) is 0 Å². The van der Waals surface area contributed by atoms with Crippen molar-refractivity contribution in [3.63, 3.8) is 0 Å². The second-order valence-electron chi connectivity index (χ2n) is 4.44. The lowest BCUT2D eigenvalue weighted by Crippen LogP contribution is -2.40. The van der Waals surface area contributed by atoms with Gasteiger partial charge in [0.15, 0.2) is 0 Å². The van der Waals surface area contributed by atoms with E-state index < -0.39 is 0 Å². The molecule has 88 valence electrons. The maximum Gasteiger partial charge on any atom is 0.220 e. The molecule has 0 unspecified atom stereocenters. The number of nitrogens with two attached hydrogens (primary N) is 1. The number of piperidine rings is 1. The molecule has 1 aliphatic rings. The van der Waals surface area contributed by atoms with Gasteiger partial charge in [0.1, 0.15) is 0 Å². The van der Waals surface area contributed by atoms with Crippen LogP contribution >= 0.6 is 0 Å². The third-order valence-electron chi connectivity index (χ3n) is 2.85. The summed E-state index contributed by atoms with van der Waals surface area (Å²) in [5.41, 5.74) is 5.27. The molecule has 1 amide bonds. The fourth-order valence-electron chi connectivity index (χ4n) is 1.86. The number of primary amides is 1. The highest BCUT2D eigenvalue weighted by molar-refractivity contribution is 5.76. The Balaban J connectivity index is 2.12. The number of likely N-dealkylation sites (tertiary alicyclic amines) is 1. The van der Waals surface area contributed by atoms with E-state index in [1.165, 1.54) is 0 Å². The van der Waals surface area contributed by atoms with Gasteiger partial charge in [-0.15, -0.1) is 0 Å². The predicted molar refractivity (Wildman–Crippen MR) is 59.4 cm³/mol. The monoisotopic (exact) mass is 214 g/mol. The molecule has 0 aromatic rings. The molecule has 1 aliphatic heterocycles. The minimum absolute atomic E-state index is 0.0901. The first kappa shape index (κ1) is 12.5. The summed E-state index contributed by atoms with van der Waals surface area (Å²) in [7, 11) is 0. The Morgan fingerprint density at radius 2 is 2.07 bits per heavy atom. The minimum atomic E-state index is -0.145. The fourth-order valence-corrected chi connectivity index (χ4v) is 1.86. The molecule has 0 bridgehead atoms. The molecule has 4 nitrogen and oxygen atoms in total. The van der Waals surface area contributed by atoms with E-state index in [0.29, 0.717) is 6.10 Å². The van der Waals surface area contributed by atoms with Gasteiger partial charge in [-0.3, -0.25) is 4.79 Å². The first-order valence-corrected chi connectivity index (χ1v) is 5.73. The van der Waals surface area contributed by atoms with Crippen molar-refractivity contribution >= 4 is 5.91 Å². The second-order valence-corrected chi connectivity index (χ2v) is 4.44. The van der Waals surface area contributed by atoms with Gasteiger partial charge in [0, 0.05) is 12.5 Å². The van der Waals surface area contributed by atoms with Crippen LogP contribution in [0.3, 0.4) is 0 Å². The van der Waals surface area contributed by atoms with Crippen LogP contribution in [0, 0.1) is 5.92 Å². The zero-order chi connectivity index (χ0) is 11.3. The summed E-state index contributed by atoms with van der Waals surface area (Å²) in [5, 5.41) is 0. The molecule has 0 atom stereocenters. The van der Waals surface area contributed by atoms with E-state index in [2.05, 4.69) is 4.90 Å². The van der Waals surface area contributed by atoms with E-state index in [1.807, 2.05) is 13.8 Å². The molecular weight excluding hydrogens is 192 g/mol. The molecule has 0 aliphatic carbocycles. The summed E-state index contributed by atoms with van der Waals surface area (Å²) in [6.07, 6.45) is 2.10. The van der Waals surface area contributed by atoms with E-state index in [0.717, 1.165) is 39.1 Å². The molecule has 2 N–H and O–H groups in total. The average molecular weight is 214 g/mol. The highest BCUT2D eigenvalue weighted by Crippen LogP contribution is 2.16. The molecule has 0 saturated carbocycles. The van der Waals surface area contributed by atoms with Crippen LogP contribution in [0.5, 0.6) is 0 Å². The van der Waals surface area contributed by atoms with Gasteiger partial charge < -0.3 is 15.4 Å². The largest absolute Gasteiger partial charge is 0.377 e. The molecule has 1 rings (SSSR count). The lowest BCUT2D eigenvalue weighted by molar-refractivity contribution is -0.123. The van der Waals surface area contributed by atoms with Crippen LogP contribution in [0.2, 0.25) is 0 Å². The summed E-state index contributed by atoms with van der Waals surface area (Å²) >= 11 is 0. The third-order valence-corrected chi connectivity index (χ3v) is 2.85. The number of hydrogen-bond acceptors (Lipinski definition) is 3. The quantitative estimate of drug-likeness (QED) is 0.729. The number of carbonyl (C=O) groups excluding carboxylic acids is 1. The molecule has 0 spiro atoms. The van der Waals surface area contributed by atoms with Gasteiger partial charge in [0.25, 0.3) is 0 Å². The number of nitrogens with zero attached hydrogens (tertiary/aromatic N) is 1. The summed E-state index contributed by atoms with van der Waals surface area (Å²) in [5.74, 6) is -0.0552. The van der Waals surface area contributed by atoms with E-state index in [1.54, 1.807) is 0 Å². The Labute approximate surface area is 91.8 Å². The zero-order valence-corrected chi connectivity index (χ0v) is 9.74. The van der Waals surface area contributed by atoms with Crippen molar-refractivity contribution in [1.82, 2.24) is 4.90 Å². The molecule has 0 aromatic heterocycles. The van der Waals surface area contributed by atoms with Gasteiger partial charge in [-0.2, -0.15) is 0 Å². The zero-order valence-electron chi connectivity index (χ0n) is 9.74. The van der Waals surface area contributed by atoms with Crippen molar-refractivity contribution in [2.45, 2.75) is 32.8 Å². The first-order chi connectivity index (χ1) is 7.09. The van der Waals surface area contributed by atoms with Crippen molar-refractivity contribution in [3.8, 4) is 0 Å². The fraction of sp³-hybridized carbons (Fsp3) is 0.909. The molecule has 1 saturated heterocycles. The molecule has 1 heterocycles. The number of carbonyl (C=O) groups is 1. The number of hydrogen-bond donors (Lipinski definition) is 1. The maximum atomic E-state index is 10.9. The summed E-state index contributed by atoms with van der Waals surface area (Å²) in [6, 6.07) is 0. The smallest absolute Gasteiger partial charge is 0.220 e. The Morgan fingerprint density at radius 1 is 1.47 bits per heavy atom. The van der Waals surface area contributed by atoms with E-state index in [4.69, 9.17) is 10.5 Å². The molecule has 15 heavy (non-hydrogen) atoms. The summed E-state index contributed by atoms with van der Waals surface area (Å²) in [6.45, 7) is 7.76. The Bertz CT molecular complexity index is 199. The van der Waals surface area contributed by atoms with Crippen LogP contribution in [-0.4, -0.2) is 43.2 Å². The summed E-state index contributed by atoms with van der Waals surface area (Å²) < 4.78 is 5.49. The van der Waals surface area contributed by atoms with Gasteiger partial charge in [-0.05, 0) is 39.8 Å². The topological polar surface area (TPSA) is 55.6 Å². The molecule has 0 radical (unpaired) electrons. The standard InChI is InChI=1S/C11H22N2O2/c1-9(2)15-8-7-13-5-3-10(4-6-13)11(12)14/h9-10H,3-8H2,1-2H3,(H2,12,14). The highest BCUT2D eigenvalue weighted by atomic mass is 16.5. The Morgan fingerprint density at radius 3 is 2.53 bits per heavy atom. The van der Waals surface area contributed by atoms with Crippen LogP contribution < -0.4 is 5.73 Å².